The molecule has 1 N–H and O–H groups in total. The first-order chi connectivity index (χ1) is 15.6. The summed E-state index contributed by atoms with van der Waals surface area (Å²) in [4.78, 5) is 16.5. The zero-order valence-corrected chi connectivity index (χ0v) is 16.5. The molecule has 2 aromatic carbocycles. The Morgan fingerprint density at radius 1 is 1.00 bits per heavy atom. The normalized spacial score (nSPS) is 10.6. The second-order valence-corrected chi connectivity index (χ2v) is 6.57. The minimum Gasteiger partial charge on any atom is -0.438 e. The highest BCUT2D eigenvalue weighted by Crippen LogP contribution is 2.41. The summed E-state index contributed by atoms with van der Waals surface area (Å²) in [7, 11) is 0. The Hall–Kier alpha value is -4.51. The summed E-state index contributed by atoms with van der Waals surface area (Å²) < 4.78 is 34.8. The quantitative estimate of drug-likeness (QED) is 0.421. The molecule has 0 radical (unpaired) electrons. The van der Waals surface area contributed by atoms with Crippen molar-refractivity contribution < 1.29 is 22.7 Å². The van der Waals surface area contributed by atoms with Gasteiger partial charge in [-0.1, -0.05) is 60.7 Å². The van der Waals surface area contributed by atoms with Gasteiger partial charge < -0.3 is 9.15 Å². The van der Waals surface area contributed by atoms with E-state index in [1.165, 1.54) is 12.1 Å². The average Bonchev–Trinajstić information content (AvgIpc) is 3.18. The van der Waals surface area contributed by atoms with E-state index < -0.39 is 12.5 Å². The molecular formula is C24H15F2N3O3. The van der Waals surface area contributed by atoms with E-state index in [0.29, 0.717) is 11.3 Å². The monoisotopic (exact) mass is 431 g/mol. The highest BCUT2D eigenvalue weighted by Gasteiger charge is 2.24. The first-order valence-corrected chi connectivity index (χ1v) is 9.46. The van der Waals surface area contributed by atoms with Crippen molar-refractivity contribution in [1.82, 2.24) is 4.98 Å². The SMILES string of the molecule is N#Cc1c(NC(=O)c2ccc(OC(F)F)cn2)oc(-c2ccccc2)c1-c1ccccc1. The van der Waals surface area contributed by atoms with E-state index >= 15 is 0 Å². The molecule has 0 spiro atoms. The number of nitrogens with one attached hydrogen (secondary N) is 1. The van der Waals surface area contributed by atoms with E-state index in [9.17, 15) is 18.8 Å². The van der Waals surface area contributed by atoms with E-state index in [4.69, 9.17) is 4.42 Å². The maximum atomic E-state index is 12.7. The third-order valence-corrected chi connectivity index (χ3v) is 4.54. The van der Waals surface area contributed by atoms with Crippen LogP contribution in [0.25, 0.3) is 22.5 Å². The number of amides is 1. The van der Waals surface area contributed by atoms with Gasteiger partial charge in [-0.2, -0.15) is 14.0 Å². The molecule has 0 aliphatic rings. The van der Waals surface area contributed by atoms with E-state index in [-0.39, 0.29) is 22.9 Å². The Morgan fingerprint density at radius 2 is 1.66 bits per heavy atom. The number of benzene rings is 2. The van der Waals surface area contributed by atoms with Gasteiger partial charge in [0.25, 0.3) is 5.91 Å². The van der Waals surface area contributed by atoms with Gasteiger partial charge in [0.15, 0.2) is 0 Å². The number of ether oxygens (including phenoxy) is 1. The molecule has 4 aromatic rings. The van der Waals surface area contributed by atoms with E-state index in [1.807, 2.05) is 60.7 Å². The van der Waals surface area contributed by atoms with Gasteiger partial charge in [-0.3, -0.25) is 10.1 Å². The second kappa shape index (κ2) is 9.10. The van der Waals surface area contributed by atoms with Crippen LogP contribution in [0.3, 0.4) is 0 Å². The Morgan fingerprint density at radius 3 is 2.22 bits per heavy atom. The van der Waals surface area contributed by atoms with Crippen LogP contribution in [0.2, 0.25) is 0 Å². The smallest absolute Gasteiger partial charge is 0.387 e. The number of pyridine rings is 1. The molecule has 0 aliphatic carbocycles. The van der Waals surface area contributed by atoms with Crippen molar-refractivity contribution in [3.05, 3.63) is 90.3 Å². The van der Waals surface area contributed by atoms with Crippen LogP contribution in [0.1, 0.15) is 16.1 Å². The topological polar surface area (TPSA) is 88.2 Å². The first kappa shape index (κ1) is 20.8. The molecule has 0 fully saturated rings. The fourth-order valence-electron chi connectivity index (χ4n) is 3.15. The number of carbonyl (C=O) groups is 1. The number of aromatic nitrogens is 1. The summed E-state index contributed by atoms with van der Waals surface area (Å²) >= 11 is 0. The first-order valence-electron chi connectivity index (χ1n) is 9.46. The lowest BCUT2D eigenvalue weighted by Crippen LogP contribution is -2.14. The maximum Gasteiger partial charge on any atom is 0.387 e. The number of nitrogens with zero attached hydrogens (tertiary/aromatic N) is 2. The van der Waals surface area contributed by atoms with Crippen LogP contribution in [0.4, 0.5) is 14.7 Å². The molecule has 8 heteroatoms. The van der Waals surface area contributed by atoms with Crippen molar-refractivity contribution in [2.45, 2.75) is 6.61 Å². The molecule has 4 rings (SSSR count). The molecule has 2 heterocycles. The molecule has 0 atom stereocenters. The number of furan rings is 1. The lowest BCUT2D eigenvalue weighted by molar-refractivity contribution is -0.0500. The second-order valence-electron chi connectivity index (χ2n) is 6.57. The van der Waals surface area contributed by atoms with E-state index in [2.05, 4.69) is 21.1 Å². The van der Waals surface area contributed by atoms with Gasteiger partial charge in [-0.05, 0) is 17.7 Å². The van der Waals surface area contributed by atoms with Crippen LogP contribution in [-0.4, -0.2) is 17.5 Å². The summed E-state index contributed by atoms with van der Waals surface area (Å²) in [5.74, 6) is -0.453. The van der Waals surface area contributed by atoms with Crippen LogP contribution in [0, 0.1) is 11.3 Å². The number of carbonyl (C=O) groups excluding carboxylic acids is 1. The minimum atomic E-state index is -2.99. The number of nitriles is 1. The number of anilines is 1. The van der Waals surface area contributed by atoms with Gasteiger partial charge in [-0.15, -0.1) is 0 Å². The molecule has 32 heavy (non-hydrogen) atoms. The summed E-state index contributed by atoms with van der Waals surface area (Å²) in [6.45, 7) is -2.99. The molecular weight excluding hydrogens is 416 g/mol. The van der Waals surface area contributed by atoms with Gasteiger partial charge in [0.1, 0.15) is 28.8 Å². The van der Waals surface area contributed by atoms with Crippen molar-refractivity contribution >= 4 is 11.8 Å². The van der Waals surface area contributed by atoms with Crippen molar-refractivity contribution in [3.63, 3.8) is 0 Å². The zero-order valence-electron chi connectivity index (χ0n) is 16.5. The van der Waals surface area contributed by atoms with Crippen LogP contribution in [0.5, 0.6) is 5.75 Å². The third-order valence-electron chi connectivity index (χ3n) is 4.54. The molecule has 0 saturated carbocycles. The Kier molecular flexibility index (Phi) is 5.90. The summed E-state index contributed by atoms with van der Waals surface area (Å²) in [5, 5.41) is 12.4. The molecule has 0 aliphatic heterocycles. The van der Waals surface area contributed by atoms with E-state index in [0.717, 1.165) is 17.3 Å². The molecule has 2 aromatic heterocycles. The third kappa shape index (κ3) is 4.32. The number of halogens is 2. The van der Waals surface area contributed by atoms with Crippen LogP contribution in [0.15, 0.2) is 83.4 Å². The van der Waals surface area contributed by atoms with Crippen LogP contribution in [-0.2, 0) is 0 Å². The van der Waals surface area contributed by atoms with E-state index in [1.54, 1.807) is 0 Å². The number of rotatable bonds is 6. The Labute approximate surface area is 181 Å². The fourth-order valence-corrected chi connectivity index (χ4v) is 3.15. The summed E-state index contributed by atoms with van der Waals surface area (Å²) in [5.41, 5.74) is 2.12. The lowest BCUT2D eigenvalue weighted by Gasteiger charge is -2.05. The average molecular weight is 431 g/mol. The van der Waals surface area contributed by atoms with Crippen molar-refractivity contribution in [3.8, 4) is 34.3 Å². The number of hydrogen-bond donors (Lipinski definition) is 1. The predicted molar refractivity (Wildman–Crippen MR) is 113 cm³/mol. The van der Waals surface area contributed by atoms with Crippen LogP contribution >= 0.6 is 0 Å². The summed E-state index contributed by atoms with van der Waals surface area (Å²) in [6.07, 6.45) is 1.01. The lowest BCUT2D eigenvalue weighted by atomic mass is 9.98. The number of hydrogen-bond acceptors (Lipinski definition) is 5. The molecule has 0 unspecified atom stereocenters. The van der Waals surface area contributed by atoms with Gasteiger partial charge in [-0.25, -0.2) is 4.98 Å². The van der Waals surface area contributed by atoms with Gasteiger partial charge in [0.2, 0.25) is 5.88 Å². The molecule has 0 saturated heterocycles. The molecule has 1 amide bonds. The van der Waals surface area contributed by atoms with Gasteiger partial charge >= 0.3 is 6.61 Å². The van der Waals surface area contributed by atoms with Gasteiger partial charge in [0.05, 0.1) is 6.20 Å². The Balaban J connectivity index is 1.72. The number of alkyl halides is 2. The highest BCUT2D eigenvalue weighted by atomic mass is 19.3. The maximum absolute atomic E-state index is 12.7. The van der Waals surface area contributed by atoms with Gasteiger partial charge in [0, 0.05) is 11.1 Å². The van der Waals surface area contributed by atoms with Crippen LogP contribution < -0.4 is 10.1 Å². The zero-order chi connectivity index (χ0) is 22.5. The highest BCUT2D eigenvalue weighted by molar-refractivity contribution is 6.04. The minimum absolute atomic E-state index is 0.0371. The predicted octanol–water partition coefficient (Wildman–Crippen LogP) is 5.73. The largest absolute Gasteiger partial charge is 0.438 e. The molecule has 0 bridgehead atoms. The molecule has 6 nitrogen and oxygen atoms in total. The van der Waals surface area contributed by atoms with Crippen molar-refractivity contribution in [2.24, 2.45) is 0 Å². The molecule has 158 valence electrons. The van der Waals surface area contributed by atoms with Crippen molar-refractivity contribution in [2.75, 3.05) is 5.32 Å². The van der Waals surface area contributed by atoms with Crippen molar-refractivity contribution in [1.29, 1.82) is 5.26 Å². The standard InChI is InChI=1S/C24H15F2N3O3/c25-24(26)31-17-11-12-19(28-14-17)22(30)29-23-18(13-27)20(15-7-3-1-4-8-15)21(32-23)16-9-5-2-6-10-16/h1-12,14,24H,(H,29,30). The Bertz CT molecular complexity index is 1270. The fraction of sp³-hybridized carbons (Fsp3) is 0.0417. The summed E-state index contributed by atoms with van der Waals surface area (Å²) in [6, 6.07) is 23.0.